The summed E-state index contributed by atoms with van der Waals surface area (Å²) in [4.78, 5) is 23.3. The van der Waals surface area contributed by atoms with Crippen LogP contribution < -0.4 is 15.0 Å². The molecule has 1 unspecified atom stereocenters. The quantitative estimate of drug-likeness (QED) is 0.870. The van der Waals surface area contributed by atoms with Crippen molar-refractivity contribution in [1.29, 1.82) is 0 Å². The SMILES string of the molecule is Cc1cc(N2CCC(Nc3cncc(OC4CCCCC4)n3)C2=O)n(C)n1. The van der Waals surface area contributed by atoms with Gasteiger partial charge in [0, 0.05) is 19.7 Å². The number of aromatic nitrogens is 4. The van der Waals surface area contributed by atoms with Gasteiger partial charge in [0.25, 0.3) is 5.91 Å². The van der Waals surface area contributed by atoms with Gasteiger partial charge in [-0.25, -0.2) is 0 Å². The molecule has 0 spiro atoms. The van der Waals surface area contributed by atoms with Crippen molar-refractivity contribution in [3.8, 4) is 5.88 Å². The van der Waals surface area contributed by atoms with Crippen LogP contribution in [0, 0.1) is 6.92 Å². The van der Waals surface area contributed by atoms with E-state index in [1.54, 1.807) is 22.0 Å². The summed E-state index contributed by atoms with van der Waals surface area (Å²) in [5.74, 6) is 1.95. The highest BCUT2D eigenvalue weighted by Gasteiger charge is 2.34. The van der Waals surface area contributed by atoms with Gasteiger partial charge in [-0.3, -0.25) is 19.4 Å². The molecule has 1 amide bonds. The zero-order valence-electron chi connectivity index (χ0n) is 15.9. The molecule has 144 valence electrons. The maximum atomic E-state index is 12.8. The van der Waals surface area contributed by atoms with Gasteiger partial charge in [-0.05, 0) is 39.0 Å². The lowest BCUT2D eigenvalue weighted by atomic mass is 9.98. The number of amides is 1. The van der Waals surface area contributed by atoms with Crippen LogP contribution >= 0.6 is 0 Å². The highest BCUT2D eigenvalue weighted by atomic mass is 16.5. The number of hydrogen-bond donors (Lipinski definition) is 1. The third-order valence-electron chi connectivity index (χ3n) is 5.23. The Hall–Kier alpha value is -2.64. The second-order valence-corrected chi connectivity index (χ2v) is 7.36. The van der Waals surface area contributed by atoms with E-state index >= 15 is 0 Å². The summed E-state index contributed by atoms with van der Waals surface area (Å²) in [5, 5.41) is 7.55. The Balaban J connectivity index is 1.41. The Morgan fingerprint density at radius 3 is 2.74 bits per heavy atom. The van der Waals surface area contributed by atoms with Crippen molar-refractivity contribution in [3.05, 3.63) is 24.2 Å². The molecule has 0 aromatic carbocycles. The summed E-state index contributed by atoms with van der Waals surface area (Å²) in [6.45, 7) is 2.58. The third kappa shape index (κ3) is 3.89. The van der Waals surface area contributed by atoms with Crippen LogP contribution in [-0.4, -0.2) is 44.3 Å². The molecule has 2 aromatic heterocycles. The van der Waals surface area contributed by atoms with Crippen molar-refractivity contribution in [2.24, 2.45) is 7.05 Å². The molecule has 1 saturated heterocycles. The van der Waals surface area contributed by atoms with Crippen molar-refractivity contribution in [1.82, 2.24) is 19.7 Å². The second kappa shape index (κ2) is 7.54. The van der Waals surface area contributed by atoms with Gasteiger partial charge in [0.15, 0.2) is 0 Å². The molecule has 4 rings (SSSR count). The standard InChI is InChI=1S/C19H26N6O2/c1-13-10-18(24(2)23-13)25-9-8-15(19(25)26)21-16-11-20-12-17(22-16)27-14-6-4-3-5-7-14/h10-12,14-15H,3-9H2,1-2H3,(H,21,22). The first-order valence-corrected chi connectivity index (χ1v) is 9.67. The molecule has 1 saturated carbocycles. The van der Waals surface area contributed by atoms with Crippen LogP contribution in [0.3, 0.4) is 0 Å². The summed E-state index contributed by atoms with van der Waals surface area (Å²) < 4.78 is 7.72. The molecule has 2 fully saturated rings. The van der Waals surface area contributed by atoms with E-state index in [2.05, 4.69) is 20.4 Å². The normalized spacial score (nSPS) is 20.9. The predicted octanol–water partition coefficient (Wildman–Crippen LogP) is 2.45. The summed E-state index contributed by atoms with van der Waals surface area (Å²) in [5.41, 5.74) is 0.898. The molecule has 0 bridgehead atoms. The van der Waals surface area contributed by atoms with Gasteiger partial charge < -0.3 is 10.1 Å². The fraction of sp³-hybridized carbons (Fsp3) is 0.579. The fourth-order valence-corrected chi connectivity index (χ4v) is 3.90. The van der Waals surface area contributed by atoms with E-state index in [1.165, 1.54) is 19.3 Å². The molecule has 1 atom stereocenters. The topological polar surface area (TPSA) is 85.2 Å². The first-order chi connectivity index (χ1) is 13.1. The molecule has 8 heteroatoms. The van der Waals surface area contributed by atoms with Crippen LogP contribution in [0.5, 0.6) is 5.88 Å². The van der Waals surface area contributed by atoms with E-state index in [4.69, 9.17) is 4.74 Å². The van der Waals surface area contributed by atoms with Crippen LogP contribution in [0.2, 0.25) is 0 Å². The second-order valence-electron chi connectivity index (χ2n) is 7.36. The summed E-state index contributed by atoms with van der Waals surface area (Å²) >= 11 is 0. The molecule has 1 aliphatic carbocycles. The maximum Gasteiger partial charge on any atom is 0.250 e. The van der Waals surface area contributed by atoms with Gasteiger partial charge in [0.05, 0.1) is 18.1 Å². The number of anilines is 2. The monoisotopic (exact) mass is 370 g/mol. The van der Waals surface area contributed by atoms with Crippen molar-refractivity contribution in [2.75, 3.05) is 16.8 Å². The minimum absolute atomic E-state index is 0.0263. The molecule has 3 heterocycles. The van der Waals surface area contributed by atoms with Gasteiger partial charge in [-0.1, -0.05) is 6.42 Å². The van der Waals surface area contributed by atoms with Crippen molar-refractivity contribution in [2.45, 2.75) is 57.6 Å². The van der Waals surface area contributed by atoms with Crippen molar-refractivity contribution < 1.29 is 9.53 Å². The maximum absolute atomic E-state index is 12.8. The number of rotatable bonds is 5. The lowest BCUT2D eigenvalue weighted by molar-refractivity contribution is -0.117. The number of aryl methyl sites for hydroxylation is 2. The van der Waals surface area contributed by atoms with Crippen LogP contribution in [0.1, 0.15) is 44.2 Å². The molecule has 0 radical (unpaired) electrons. The minimum Gasteiger partial charge on any atom is -0.473 e. The van der Waals surface area contributed by atoms with E-state index in [-0.39, 0.29) is 18.1 Å². The Labute approximate surface area is 158 Å². The first-order valence-electron chi connectivity index (χ1n) is 9.67. The van der Waals surface area contributed by atoms with Gasteiger partial charge in [-0.15, -0.1) is 0 Å². The molecular weight excluding hydrogens is 344 g/mol. The number of nitrogens with one attached hydrogen (secondary N) is 1. The van der Waals surface area contributed by atoms with E-state index in [0.29, 0.717) is 24.7 Å². The molecule has 1 aliphatic heterocycles. The average molecular weight is 370 g/mol. The summed E-state index contributed by atoms with van der Waals surface area (Å²) in [7, 11) is 1.86. The molecule has 2 aromatic rings. The zero-order valence-corrected chi connectivity index (χ0v) is 15.9. The van der Waals surface area contributed by atoms with E-state index in [1.807, 2.05) is 20.0 Å². The van der Waals surface area contributed by atoms with E-state index in [0.717, 1.165) is 24.4 Å². The number of carbonyl (C=O) groups is 1. The van der Waals surface area contributed by atoms with Gasteiger partial charge >= 0.3 is 0 Å². The Bertz CT molecular complexity index is 814. The lowest BCUT2D eigenvalue weighted by Gasteiger charge is -2.22. The van der Waals surface area contributed by atoms with Gasteiger partial charge in [-0.2, -0.15) is 10.1 Å². The van der Waals surface area contributed by atoms with Crippen LogP contribution in [0.15, 0.2) is 18.5 Å². The summed E-state index contributed by atoms with van der Waals surface area (Å²) in [6, 6.07) is 1.61. The Kier molecular flexibility index (Phi) is 4.96. The van der Waals surface area contributed by atoms with Crippen molar-refractivity contribution in [3.63, 3.8) is 0 Å². The Morgan fingerprint density at radius 1 is 1.19 bits per heavy atom. The number of ether oxygens (including phenoxy) is 1. The van der Waals surface area contributed by atoms with Crippen LogP contribution in [-0.2, 0) is 11.8 Å². The smallest absolute Gasteiger partial charge is 0.250 e. The largest absolute Gasteiger partial charge is 0.473 e. The lowest BCUT2D eigenvalue weighted by Crippen LogP contribution is -2.34. The molecule has 8 nitrogen and oxygen atoms in total. The highest BCUT2D eigenvalue weighted by molar-refractivity contribution is 6.00. The van der Waals surface area contributed by atoms with Gasteiger partial charge in [0.2, 0.25) is 5.88 Å². The molecule has 27 heavy (non-hydrogen) atoms. The third-order valence-corrected chi connectivity index (χ3v) is 5.23. The highest BCUT2D eigenvalue weighted by Crippen LogP contribution is 2.25. The zero-order chi connectivity index (χ0) is 18.8. The summed E-state index contributed by atoms with van der Waals surface area (Å²) in [6.07, 6.45) is 10.0. The average Bonchev–Trinajstić information content (AvgIpc) is 3.18. The molecule has 2 aliphatic rings. The minimum atomic E-state index is -0.320. The fourth-order valence-electron chi connectivity index (χ4n) is 3.90. The molecular formula is C19H26N6O2. The van der Waals surface area contributed by atoms with Crippen LogP contribution in [0.25, 0.3) is 0 Å². The number of hydrogen-bond acceptors (Lipinski definition) is 6. The predicted molar refractivity (Wildman–Crippen MR) is 102 cm³/mol. The first kappa shape index (κ1) is 17.8. The number of carbonyl (C=O) groups excluding carboxylic acids is 1. The van der Waals surface area contributed by atoms with E-state index < -0.39 is 0 Å². The van der Waals surface area contributed by atoms with E-state index in [9.17, 15) is 4.79 Å². The van der Waals surface area contributed by atoms with Gasteiger partial charge in [0.1, 0.15) is 23.8 Å². The number of nitrogens with zero attached hydrogens (tertiary/aromatic N) is 5. The Morgan fingerprint density at radius 2 is 2.00 bits per heavy atom. The molecule has 1 N–H and O–H groups in total. The van der Waals surface area contributed by atoms with Crippen LogP contribution in [0.4, 0.5) is 11.6 Å². The van der Waals surface area contributed by atoms with Crippen molar-refractivity contribution >= 4 is 17.5 Å².